The van der Waals surface area contributed by atoms with Crippen molar-refractivity contribution in [1.82, 2.24) is 19.4 Å². The van der Waals surface area contributed by atoms with Gasteiger partial charge in [0.1, 0.15) is 17.1 Å². The van der Waals surface area contributed by atoms with E-state index in [1.807, 2.05) is 29.6 Å². The fourth-order valence-electron chi connectivity index (χ4n) is 4.28. The summed E-state index contributed by atoms with van der Waals surface area (Å²) in [6.45, 7) is 1.42. The number of carbonyl (C=O) groups excluding carboxylic acids is 2. The van der Waals surface area contributed by atoms with Crippen molar-refractivity contribution in [3.8, 4) is 11.5 Å². The number of nitrogens with zero attached hydrogens (tertiary/aromatic N) is 4. The minimum Gasteiger partial charge on any atom is -0.497 e. The number of hydrogen-bond acceptors (Lipinski definition) is 7. The van der Waals surface area contributed by atoms with Gasteiger partial charge in [-0.3, -0.25) is 14.4 Å². The van der Waals surface area contributed by atoms with Crippen molar-refractivity contribution in [1.29, 1.82) is 0 Å². The third-order valence-corrected chi connectivity index (χ3v) is 6.73. The van der Waals surface area contributed by atoms with E-state index in [-0.39, 0.29) is 29.5 Å². The van der Waals surface area contributed by atoms with Gasteiger partial charge in [-0.2, -0.15) is 0 Å². The minimum absolute atomic E-state index is 0.0420. The van der Waals surface area contributed by atoms with E-state index in [9.17, 15) is 14.4 Å². The highest BCUT2D eigenvalue weighted by molar-refractivity contribution is 7.07. The number of thiazole rings is 1. The molecule has 1 aliphatic heterocycles. The molecule has 0 spiro atoms. The summed E-state index contributed by atoms with van der Waals surface area (Å²) in [5, 5.41) is 1.89. The number of benzene rings is 1. The van der Waals surface area contributed by atoms with E-state index in [0.29, 0.717) is 49.6 Å². The molecule has 0 atom stereocenters. The summed E-state index contributed by atoms with van der Waals surface area (Å²) >= 11 is 1.47. The second-order valence-electron chi connectivity index (χ2n) is 8.32. The smallest absolute Gasteiger partial charge is 0.259 e. The SMILES string of the molecule is COc1cccc(CC(=O)N2CCc3c(C(=O)N(C)Cc4cscn4)c(OC)cc(=O)n3CC2)c1. The largest absolute Gasteiger partial charge is 0.497 e. The summed E-state index contributed by atoms with van der Waals surface area (Å²) in [6.07, 6.45) is 0.593. The first-order chi connectivity index (χ1) is 16.9. The van der Waals surface area contributed by atoms with Crippen LogP contribution in [-0.2, 0) is 30.7 Å². The van der Waals surface area contributed by atoms with Gasteiger partial charge in [0.05, 0.1) is 38.4 Å². The molecule has 0 saturated carbocycles. The van der Waals surface area contributed by atoms with Crippen molar-refractivity contribution >= 4 is 23.2 Å². The zero-order valence-corrected chi connectivity index (χ0v) is 20.8. The Morgan fingerprint density at radius 2 is 1.97 bits per heavy atom. The first-order valence-electron chi connectivity index (χ1n) is 11.2. The molecule has 0 unspecified atom stereocenters. The van der Waals surface area contributed by atoms with Gasteiger partial charge in [0.25, 0.3) is 11.5 Å². The van der Waals surface area contributed by atoms with Crippen molar-refractivity contribution in [2.75, 3.05) is 34.4 Å². The van der Waals surface area contributed by atoms with E-state index in [0.717, 1.165) is 11.3 Å². The fraction of sp³-hybridized carbons (Fsp3) is 0.360. The number of methoxy groups -OCH3 is 2. The summed E-state index contributed by atoms with van der Waals surface area (Å²) in [4.78, 5) is 47.0. The maximum atomic E-state index is 13.5. The van der Waals surface area contributed by atoms with Crippen LogP contribution < -0.4 is 15.0 Å². The molecule has 35 heavy (non-hydrogen) atoms. The van der Waals surface area contributed by atoms with Gasteiger partial charge < -0.3 is 23.8 Å². The second-order valence-corrected chi connectivity index (χ2v) is 9.04. The van der Waals surface area contributed by atoms with Crippen LogP contribution in [-0.4, -0.2) is 65.5 Å². The first kappa shape index (κ1) is 24.5. The Hall–Kier alpha value is -3.66. The maximum Gasteiger partial charge on any atom is 0.259 e. The number of amides is 2. The predicted octanol–water partition coefficient (Wildman–Crippen LogP) is 2.22. The lowest BCUT2D eigenvalue weighted by Gasteiger charge is -2.21. The normalized spacial score (nSPS) is 13.1. The Morgan fingerprint density at radius 1 is 1.14 bits per heavy atom. The van der Waals surface area contributed by atoms with Crippen molar-refractivity contribution in [3.63, 3.8) is 0 Å². The number of hydrogen-bond donors (Lipinski definition) is 0. The Labute approximate surface area is 207 Å². The third-order valence-electron chi connectivity index (χ3n) is 6.10. The second kappa shape index (κ2) is 10.7. The van der Waals surface area contributed by atoms with Gasteiger partial charge in [-0.05, 0) is 17.7 Å². The minimum atomic E-state index is -0.255. The molecular formula is C25H28N4O5S. The van der Waals surface area contributed by atoms with Gasteiger partial charge in [0.15, 0.2) is 0 Å². The number of rotatable bonds is 7. The van der Waals surface area contributed by atoms with Crippen LogP contribution >= 0.6 is 11.3 Å². The Kier molecular flexibility index (Phi) is 7.50. The molecule has 4 rings (SSSR count). The lowest BCUT2D eigenvalue weighted by atomic mass is 10.1. The average molecular weight is 497 g/mol. The first-order valence-corrected chi connectivity index (χ1v) is 12.2. The van der Waals surface area contributed by atoms with Crippen LogP contribution in [0.4, 0.5) is 0 Å². The third kappa shape index (κ3) is 5.37. The number of carbonyl (C=O) groups is 2. The van der Waals surface area contributed by atoms with Crippen LogP contribution in [0.5, 0.6) is 11.5 Å². The van der Waals surface area contributed by atoms with E-state index in [1.54, 1.807) is 34.0 Å². The molecule has 0 bridgehead atoms. The molecule has 3 heterocycles. The molecule has 184 valence electrons. The van der Waals surface area contributed by atoms with Crippen molar-refractivity contribution in [3.05, 3.63) is 74.1 Å². The van der Waals surface area contributed by atoms with Gasteiger partial charge in [-0.25, -0.2) is 4.98 Å². The van der Waals surface area contributed by atoms with E-state index >= 15 is 0 Å². The Balaban J connectivity index is 1.57. The predicted molar refractivity (Wildman–Crippen MR) is 132 cm³/mol. The van der Waals surface area contributed by atoms with Gasteiger partial charge in [-0.15, -0.1) is 11.3 Å². The Morgan fingerprint density at radius 3 is 2.69 bits per heavy atom. The summed E-state index contributed by atoms with van der Waals surface area (Å²) in [6, 6.07) is 8.76. The molecule has 2 aromatic heterocycles. The van der Waals surface area contributed by atoms with E-state index in [4.69, 9.17) is 9.47 Å². The van der Waals surface area contributed by atoms with Crippen molar-refractivity contribution in [2.24, 2.45) is 0 Å². The lowest BCUT2D eigenvalue weighted by Crippen LogP contribution is -2.35. The average Bonchev–Trinajstić information content (AvgIpc) is 3.26. The maximum absolute atomic E-state index is 13.5. The molecule has 10 heteroatoms. The highest BCUT2D eigenvalue weighted by atomic mass is 32.1. The molecule has 0 radical (unpaired) electrons. The summed E-state index contributed by atoms with van der Waals surface area (Å²) in [7, 11) is 4.74. The van der Waals surface area contributed by atoms with Crippen LogP contribution in [0.2, 0.25) is 0 Å². The van der Waals surface area contributed by atoms with Gasteiger partial charge in [0, 0.05) is 50.2 Å². The summed E-state index contributed by atoms with van der Waals surface area (Å²) in [5.74, 6) is 0.643. The standard InChI is InChI=1S/C25H28N4O5S/c1-27(14-18-15-35-16-26-18)25(32)24-20-7-8-28(9-10-29(20)23(31)13-21(24)34-3)22(30)12-17-5-4-6-19(11-17)33-2/h4-6,11,13,15-16H,7-10,12,14H2,1-3H3. The molecule has 2 amide bonds. The topological polar surface area (TPSA) is 94.0 Å². The van der Waals surface area contributed by atoms with E-state index < -0.39 is 0 Å². The number of pyridine rings is 1. The van der Waals surface area contributed by atoms with Crippen LogP contribution in [0.3, 0.4) is 0 Å². The number of fused-ring (bicyclic) bond motifs is 1. The zero-order chi connectivity index (χ0) is 24.9. The summed E-state index contributed by atoms with van der Waals surface area (Å²) in [5.41, 5.74) is 4.05. The molecule has 0 fully saturated rings. The van der Waals surface area contributed by atoms with Gasteiger partial charge in [0.2, 0.25) is 5.91 Å². The number of aromatic nitrogens is 2. The molecular weight excluding hydrogens is 468 g/mol. The van der Waals surface area contributed by atoms with Crippen molar-refractivity contribution in [2.45, 2.75) is 25.9 Å². The van der Waals surface area contributed by atoms with E-state index in [1.165, 1.54) is 24.5 Å². The van der Waals surface area contributed by atoms with Crippen LogP contribution in [0.15, 0.2) is 46.0 Å². The van der Waals surface area contributed by atoms with Crippen molar-refractivity contribution < 1.29 is 19.1 Å². The highest BCUT2D eigenvalue weighted by Gasteiger charge is 2.28. The quantitative estimate of drug-likeness (QED) is 0.498. The molecule has 1 aromatic carbocycles. The Bertz CT molecular complexity index is 1270. The highest BCUT2D eigenvalue weighted by Crippen LogP contribution is 2.25. The van der Waals surface area contributed by atoms with Gasteiger partial charge in [-0.1, -0.05) is 12.1 Å². The molecule has 1 aliphatic rings. The number of ether oxygens (including phenoxy) is 2. The van der Waals surface area contributed by atoms with Crippen LogP contribution in [0, 0.1) is 0 Å². The molecule has 0 saturated heterocycles. The lowest BCUT2D eigenvalue weighted by molar-refractivity contribution is -0.130. The summed E-state index contributed by atoms with van der Waals surface area (Å²) < 4.78 is 12.3. The monoisotopic (exact) mass is 496 g/mol. The van der Waals surface area contributed by atoms with Crippen LogP contribution in [0.25, 0.3) is 0 Å². The van der Waals surface area contributed by atoms with Crippen LogP contribution in [0.1, 0.15) is 27.3 Å². The fourth-order valence-corrected chi connectivity index (χ4v) is 4.83. The van der Waals surface area contributed by atoms with E-state index in [2.05, 4.69) is 4.98 Å². The molecule has 0 N–H and O–H groups in total. The molecule has 9 nitrogen and oxygen atoms in total. The molecule has 3 aromatic rings. The molecule has 0 aliphatic carbocycles. The van der Waals surface area contributed by atoms with Gasteiger partial charge >= 0.3 is 0 Å². The zero-order valence-electron chi connectivity index (χ0n) is 20.0.